The summed E-state index contributed by atoms with van der Waals surface area (Å²) in [5.74, 6) is -1.44. The smallest absolute Gasteiger partial charge is 0.407 e. The normalized spacial score (nSPS) is 23.5. The molecule has 132 valence electrons. The number of hydrogen-bond acceptors (Lipinski definition) is 5. The van der Waals surface area contributed by atoms with Gasteiger partial charge in [0.25, 0.3) is 0 Å². The Balaban J connectivity index is 1.84. The molecule has 7 nitrogen and oxygen atoms in total. The molecule has 1 aromatic rings. The second kappa shape index (κ2) is 9.24. The van der Waals surface area contributed by atoms with Gasteiger partial charge in [0.1, 0.15) is 13.4 Å². The number of hydrogen-bond donors (Lipinski definition) is 2. The van der Waals surface area contributed by atoms with E-state index in [9.17, 15) is 14.7 Å². The number of carboxylic acid groups (broad SMARTS) is 1. The summed E-state index contributed by atoms with van der Waals surface area (Å²) in [6, 6.07) is 9.05. The van der Waals surface area contributed by atoms with Crippen LogP contribution < -0.4 is 5.32 Å². The fourth-order valence-corrected chi connectivity index (χ4v) is 2.82. The average molecular weight is 337 g/mol. The molecule has 2 rings (SSSR count). The lowest BCUT2D eigenvalue weighted by Gasteiger charge is -2.33. The summed E-state index contributed by atoms with van der Waals surface area (Å²) in [5.41, 5.74) is 0.890. The molecule has 0 spiro atoms. The van der Waals surface area contributed by atoms with E-state index in [1.165, 1.54) is 7.11 Å². The van der Waals surface area contributed by atoms with E-state index >= 15 is 0 Å². The Morgan fingerprint density at radius 3 is 2.62 bits per heavy atom. The molecule has 0 unspecified atom stereocenters. The van der Waals surface area contributed by atoms with Crippen LogP contribution in [0.5, 0.6) is 0 Å². The molecule has 0 aliphatic heterocycles. The molecule has 3 atom stereocenters. The molecule has 0 heterocycles. The van der Waals surface area contributed by atoms with Crippen molar-refractivity contribution in [3.63, 3.8) is 0 Å². The zero-order valence-electron chi connectivity index (χ0n) is 13.6. The van der Waals surface area contributed by atoms with Crippen LogP contribution in [0.1, 0.15) is 24.8 Å². The van der Waals surface area contributed by atoms with E-state index in [4.69, 9.17) is 14.2 Å². The van der Waals surface area contributed by atoms with Gasteiger partial charge in [0, 0.05) is 13.2 Å². The molecule has 1 aliphatic rings. The summed E-state index contributed by atoms with van der Waals surface area (Å²) in [6.45, 7) is 0.271. The first kappa shape index (κ1) is 18.2. The Labute approximate surface area is 140 Å². The largest absolute Gasteiger partial charge is 0.481 e. The molecular formula is C17H23NO6. The van der Waals surface area contributed by atoms with Gasteiger partial charge in [0.2, 0.25) is 0 Å². The number of amides is 1. The molecule has 0 radical (unpaired) electrons. The third kappa shape index (κ3) is 5.82. The summed E-state index contributed by atoms with van der Waals surface area (Å²) < 4.78 is 15.5. The predicted octanol–water partition coefficient (Wildman–Crippen LogP) is 2.16. The number of nitrogens with one attached hydrogen (secondary N) is 1. The molecule has 1 aromatic carbocycles. The van der Waals surface area contributed by atoms with Crippen molar-refractivity contribution in [3.8, 4) is 0 Å². The van der Waals surface area contributed by atoms with Crippen molar-refractivity contribution in [1.82, 2.24) is 5.32 Å². The monoisotopic (exact) mass is 337 g/mol. The summed E-state index contributed by atoms with van der Waals surface area (Å²) in [7, 11) is 1.51. The zero-order chi connectivity index (χ0) is 17.4. The minimum absolute atomic E-state index is 0.0994. The molecule has 0 saturated heterocycles. The van der Waals surface area contributed by atoms with Gasteiger partial charge in [-0.05, 0) is 24.8 Å². The highest BCUT2D eigenvalue weighted by Gasteiger charge is 2.34. The Hall–Kier alpha value is -2.12. The van der Waals surface area contributed by atoms with Crippen LogP contribution in [0.2, 0.25) is 0 Å². The Bertz CT molecular complexity index is 535. The number of carbonyl (C=O) groups excluding carboxylic acids is 1. The number of carboxylic acids is 1. The lowest BCUT2D eigenvalue weighted by atomic mass is 9.84. The number of rotatable bonds is 7. The van der Waals surface area contributed by atoms with Gasteiger partial charge in [0.05, 0.1) is 12.0 Å². The third-order valence-corrected chi connectivity index (χ3v) is 3.97. The second-order valence-corrected chi connectivity index (χ2v) is 5.84. The fraction of sp³-hybridized carbons (Fsp3) is 0.529. The van der Waals surface area contributed by atoms with Crippen LogP contribution >= 0.6 is 0 Å². The molecule has 1 fully saturated rings. The van der Waals surface area contributed by atoms with Crippen molar-refractivity contribution in [2.45, 2.75) is 38.0 Å². The molecule has 1 aliphatic carbocycles. The number of methoxy groups -OCH3 is 1. The Kier molecular flexibility index (Phi) is 7.02. The molecule has 0 aromatic heterocycles. The van der Waals surface area contributed by atoms with Gasteiger partial charge in [-0.3, -0.25) is 4.79 Å². The lowest BCUT2D eigenvalue weighted by Crippen LogP contribution is -2.45. The van der Waals surface area contributed by atoms with Crippen LogP contribution in [0.15, 0.2) is 30.3 Å². The van der Waals surface area contributed by atoms with Crippen LogP contribution in [0.4, 0.5) is 4.79 Å². The van der Waals surface area contributed by atoms with Crippen molar-refractivity contribution in [2.75, 3.05) is 13.9 Å². The summed E-state index contributed by atoms with van der Waals surface area (Å²) in [6.07, 6.45) is 0.492. The number of aliphatic carboxylic acids is 1. The van der Waals surface area contributed by atoms with Gasteiger partial charge in [-0.25, -0.2) is 4.79 Å². The number of benzene rings is 1. The van der Waals surface area contributed by atoms with Gasteiger partial charge in [0.15, 0.2) is 0 Å². The van der Waals surface area contributed by atoms with E-state index in [1.54, 1.807) is 0 Å². The number of alkyl carbamates (subject to hydrolysis) is 1. The minimum Gasteiger partial charge on any atom is -0.481 e. The highest BCUT2D eigenvalue weighted by Crippen LogP contribution is 2.27. The number of ether oxygens (including phenoxy) is 3. The van der Waals surface area contributed by atoms with Gasteiger partial charge >= 0.3 is 12.1 Å². The molecule has 2 N–H and O–H groups in total. The second-order valence-electron chi connectivity index (χ2n) is 5.84. The van der Waals surface area contributed by atoms with Crippen molar-refractivity contribution in [3.05, 3.63) is 35.9 Å². The van der Waals surface area contributed by atoms with Gasteiger partial charge in [-0.2, -0.15) is 0 Å². The third-order valence-electron chi connectivity index (χ3n) is 3.97. The maximum atomic E-state index is 11.9. The van der Waals surface area contributed by atoms with E-state index < -0.39 is 18.0 Å². The molecular weight excluding hydrogens is 314 g/mol. The SMILES string of the molecule is COCO[C@H]1C[C@@H](NC(=O)OCc2ccccc2)C[C@@H](C(=O)O)C1. The van der Waals surface area contributed by atoms with Crippen LogP contribution in [-0.4, -0.2) is 43.2 Å². The summed E-state index contributed by atoms with van der Waals surface area (Å²) in [4.78, 5) is 23.2. The maximum Gasteiger partial charge on any atom is 0.407 e. The van der Waals surface area contributed by atoms with E-state index in [-0.39, 0.29) is 25.5 Å². The van der Waals surface area contributed by atoms with Gasteiger partial charge in [-0.15, -0.1) is 0 Å². The first-order valence-corrected chi connectivity index (χ1v) is 7.89. The van der Waals surface area contributed by atoms with Crippen LogP contribution in [0.3, 0.4) is 0 Å². The van der Waals surface area contributed by atoms with Crippen molar-refractivity contribution < 1.29 is 28.9 Å². The van der Waals surface area contributed by atoms with Crippen LogP contribution in [0, 0.1) is 5.92 Å². The average Bonchev–Trinajstić information content (AvgIpc) is 2.59. The van der Waals surface area contributed by atoms with Gasteiger partial charge in [-0.1, -0.05) is 30.3 Å². The van der Waals surface area contributed by atoms with E-state index in [1.807, 2.05) is 30.3 Å². The van der Waals surface area contributed by atoms with Crippen molar-refractivity contribution in [2.24, 2.45) is 5.92 Å². The molecule has 7 heteroatoms. The fourth-order valence-electron chi connectivity index (χ4n) is 2.82. The Morgan fingerprint density at radius 1 is 1.21 bits per heavy atom. The quantitative estimate of drug-likeness (QED) is 0.741. The van der Waals surface area contributed by atoms with Crippen molar-refractivity contribution in [1.29, 1.82) is 0 Å². The standard InChI is InChI=1S/C17H23NO6/c1-22-11-24-15-8-13(16(19)20)7-14(9-15)18-17(21)23-10-12-5-3-2-4-6-12/h2-6,13-15H,7-11H2,1H3,(H,18,21)(H,19,20)/t13-,14+,15-/m1/s1. The van der Waals surface area contributed by atoms with E-state index in [0.29, 0.717) is 19.3 Å². The first-order valence-electron chi connectivity index (χ1n) is 7.89. The first-order chi connectivity index (χ1) is 11.6. The highest BCUT2D eigenvalue weighted by atomic mass is 16.7. The predicted molar refractivity (Wildman–Crippen MR) is 85.3 cm³/mol. The van der Waals surface area contributed by atoms with E-state index in [2.05, 4.69) is 5.32 Å². The van der Waals surface area contributed by atoms with Crippen LogP contribution in [-0.2, 0) is 25.6 Å². The topological polar surface area (TPSA) is 94.1 Å². The summed E-state index contributed by atoms with van der Waals surface area (Å²) in [5, 5.41) is 12.0. The van der Waals surface area contributed by atoms with Gasteiger partial charge < -0.3 is 24.6 Å². The zero-order valence-corrected chi connectivity index (χ0v) is 13.6. The van der Waals surface area contributed by atoms with E-state index in [0.717, 1.165) is 5.56 Å². The molecule has 0 bridgehead atoms. The molecule has 24 heavy (non-hydrogen) atoms. The minimum atomic E-state index is -0.884. The summed E-state index contributed by atoms with van der Waals surface area (Å²) >= 11 is 0. The Morgan fingerprint density at radius 2 is 1.96 bits per heavy atom. The molecule has 1 amide bonds. The maximum absolute atomic E-state index is 11.9. The highest BCUT2D eigenvalue weighted by molar-refractivity contribution is 5.71. The van der Waals surface area contributed by atoms with Crippen molar-refractivity contribution >= 4 is 12.1 Å². The molecule has 1 saturated carbocycles. The number of carbonyl (C=O) groups is 2. The van der Waals surface area contributed by atoms with Crippen LogP contribution in [0.25, 0.3) is 0 Å². The lowest BCUT2D eigenvalue weighted by molar-refractivity contribution is -0.148.